The Labute approximate surface area is 84.6 Å². The van der Waals surface area contributed by atoms with Gasteiger partial charge in [0.25, 0.3) is 0 Å². The summed E-state index contributed by atoms with van der Waals surface area (Å²) in [4.78, 5) is 23.7. The maximum atomic E-state index is 11.2. The lowest BCUT2D eigenvalue weighted by molar-refractivity contribution is -0.135. The van der Waals surface area contributed by atoms with Gasteiger partial charge in [0, 0.05) is 6.54 Å². The van der Waals surface area contributed by atoms with Crippen LogP contribution < -0.4 is 5.73 Å². The minimum absolute atomic E-state index is 0.0110. The molecular weight excluding hydrogens is 271 g/mol. The van der Waals surface area contributed by atoms with Crippen LogP contribution in [-0.2, 0) is 9.59 Å². The number of rotatable bonds is 2. The summed E-state index contributed by atoms with van der Waals surface area (Å²) in [5, 5.41) is 0. The standard InChI is InChI=1S/C7H11IN2O2/c8-4-6(11)10-3-1-2-5(10)7(9)12/h5H,1-4H2,(H2,9,12)/t5-/m1/s1. The number of halogens is 1. The van der Waals surface area contributed by atoms with Gasteiger partial charge in [-0.2, -0.15) is 0 Å². The Morgan fingerprint density at radius 1 is 1.58 bits per heavy atom. The molecule has 1 fully saturated rings. The molecule has 1 atom stereocenters. The monoisotopic (exact) mass is 282 g/mol. The van der Waals surface area contributed by atoms with Crippen LogP contribution in [0.2, 0.25) is 0 Å². The highest BCUT2D eigenvalue weighted by atomic mass is 127. The molecule has 0 saturated carbocycles. The van der Waals surface area contributed by atoms with Gasteiger partial charge in [-0.1, -0.05) is 22.6 Å². The molecule has 1 saturated heterocycles. The molecule has 0 spiro atoms. The number of alkyl halides is 1. The Bertz CT molecular complexity index is 208. The molecule has 12 heavy (non-hydrogen) atoms. The van der Waals surface area contributed by atoms with Crippen LogP contribution in [-0.4, -0.2) is 33.7 Å². The summed E-state index contributed by atoms with van der Waals surface area (Å²) in [6.45, 7) is 0.676. The number of carbonyl (C=O) groups is 2. The van der Waals surface area contributed by atoms with E-state index in [0.29, 0.717) is 11.0 Å². The molecule has 0 bridgehead atoms. The summed E-state index contributed by atoms with van der Waals surface area (Å²) in [6.07, 6.45) is 1.60. The number of likely N-dealkylation sites (tertiary alicyclic amines) is 1. The summed E-state index contributed by atoms with van der Waals surface area (Å²) in [6, 6.07) is -0.354. The number of carbonyl (C=O) groups excluding carboxylic acids is 2. The van der Waals surface area contributed by atoms with Crippen LogP contribution in [0.25, 0.3) is 0 Å². The maximum Gasteiger partial charge on any atom is 0.240 e. The maximum absolute atomic E-state index is 11.2. The van der Waals surface area contributed by atoms with Gasteiger partial charge in [0.1, 0.15) is 6.04 Å². The number of amides is 2. The number of hydrogen-bond acceptors (Lipinski definition) is 2. The van der Waals surface area contributed by atoms with Crippen LogP contribution in [0, 0.1) is 0 Å². The van der Waals surface area contributed by atoms with E-state index in [9.17, 15) is 9.59 Å². The van der Waals surface area contributed by atoms with E-state index in [2.05, 4.69) is 0 Å². The average molecular weight is 282 g/mol. The lowest BCUT2D eigenvalue weighted by Gasteiger charge is -2.20. The Kier molecular flexibility index (Phi) is 3.30. The quantitative estimate of drug-likeness (QED) is 0.567. The molecule has 0 aromatic heterocycles. The molecule has 0 radical (unpaired) electrons. The zero-order chi connectivity index (χ0) is 9.14. The Hall–Kier alpha value is -0.330. The van der Waals surface area contributed by atoms with Gasteiger partial charge in [-0.05, 0) is 12.8 Å². The van der Waals surface area contributed by atoms with Crippen molar-refractivity contribution in [3.05, 3.63) is 0 Å². The number of hydrogen-bond donors (Lipinski definition) is 1. The zero-order valence-corrected chi connectivity index (χ0v) is 8.78. The molecular formula is C7H11IN2O2. The predicted molar refractivity (Wildman–Crippen MR) is 52.8 cm³/mol. The van der Waals surface area contributed by atoms with Crippen molar-refractivity contribution in [2.24, 2.45) is 5.73 Å². The smallest absolute Gasteiger partial charge is 0.240 e. The molecule has 1 aliphatic heterocycles. The van der Waals surface area contributed by atoms with Crippen LogP contribution in [0.15, 0.2) is 0 Å². The second-order valence-corrected chi connectivity index (χ2v) is 3.54. The fraction of sp³-hybridized carbons (Fsp3) is 0.714. The van der Waals surface area contributed by atoms with Crippen molar-refractivity contribution in [1.82, 2.24) is 4.90 Å². The fourth-order valence-corrected chi connectivity index (χ4v) is 1.88. The first-order chi connectivity index (χ1) is 5.66. The van der Waals surface area contributed by atoms with Crippen LogP contribution in [0.3, 0.4) is 0 Å². The molecule has 0 unspecified atom stereocenters. The van der Waals surface area contributed by atoms with E-state index in [0.717, 1.165) is 12.8 Å². The highest BCUT2D eigenvalue weighted by Crippen LogP contribution is 2.17. The van der Waals surface area contributed by atoms with Crippen molar-refractivity contribution in [3.63, 3.8) is 0 Å². The lowest BCUT2D eigenvalue weighted by atomic mass is 10.2. The van der Waals surface area contributed by atoms with E-state index in [-0.39, 0.29) is 17.9 Å². The SMILES string of the molecule is NC(=O)[C@H]1CCCN1C(=O)CI. The van der Waals surface area contributed by atoms with Crippen molar-refractivity contribution in [3.8, 4) is 0 Å². The Morgan fingerprint density at radius 2 is 2.25 bits per heavy atom. The minimum atomic E-state index is -0.384. The molecule has 0 aromatic carbocycles. The molecule has 4 nitrogen and oxygen atoms in total. The normalized spacial score (nSPS) is 22.8. The van der Waals surface area contributed by atoms with Gasteiger partial charge in [-0.3, -0.25) is 9.59 Å². The highest BCUT2D eigenvalue weighted by Gasteiger charge is 2.31. The Balaban J connectivity index is 2.63. The van der Waals surface area contributed by atoms with Gasteiger partial charge < -0.3 is 10.6 Å². The summed E-state index contributed by atoms with van der Waals surface area (Å²) in [5.41, 5.74) is 5.15. The van der Waals surface area contributed by atoms with Crippen molar-refractivity contribution in [2.75, 3.05) is 11.0 Å². The summed E-state index contributed by atoms with van der Waals surface area (Å²) >= 11 is 1.99. The molecule has 2 N–H and O–H groups in total. The van der Waals surface area contributed by atoms with Gasteiger partial charge >= 0.3 is 0 Å². The van der Waals surface area contributed by atoms with Crippen LogP contribution in [0.4, 0.5) is 0 Å². The molecule has 1 rings (SSSR count). The fourth-order valence-electron chi connectivity index (χ4n) is 1.44. The molecule has 0 aromatic rings. The molecule has 0 aliphatic carbocycles. The third-order valence-electron chi connectivity index (χ3n) is 2.02. The van der Waals surface area contributed by atoms with Crippen molar-refractivity contribution < 1.29 is 9.59 Å². The Morgan fingerprint density at radius 3 is 2.75 bits per heavy atom. The topological polar surface area (TPSA) is 63.4 Å². The lowest BCUT2D eigenvalue weighted by Crippen LogP contribution is -2.44. The van der Waals surface area contributed by atoms with E-state index in [1.807, 2.05) is 22.6 Å². The van der Waals surface area contributed by atoms with Crippen molar-refractivity contribution >= 4 is 34.4 Å². The number of nitrogens with two attached hydrogens (primary N) is 1. The highest BCUT2D eigenvalue weighted by molar-refractivity contribution is 14.1. The van der Waals surface area contributed by atoms with Gasteiger partial charge in [0.15, 0.2) is 0 Å². The second-order valence-electron chi connectivity index (χ2n) is 2.78. The van der Waals surface area contributed by atoms with Crippen molar-refractivity contribution in [2.45, 2.75) is 18.9 Å². The third-order valence-corrected chi connectivity index (χ3v) is 2.67. The van der Waals surface area contributed by atoms with Gasteiger partial charge in [0.05, 0.1) is 4.43 Å². The van der Waals surface area contributed by atoms with E-state index in [4.69, 9.17) is 5.73 Å². The first kappa shape index (κ1) is 9.76. The third kappa shape index (κ3) is 1.88. The molecule has 68 valence electrons. The molecule has 5 heteroatoms. The molecule has 1 aliphatic rings. The van der Waals surface area contributed by atoms with E-state index < -0.39 is 0 Å². The van der Waals surface area contributed by atoms with E-state index in [1.165, 1.54) is 0 Å². The van der Waals surface area contributed by atoms with E-state index >= 15 is 0 Å². The van der Waals surface area contributed by atoms with E-state index in [1.54, 1.807) is 4.90 Å². The largest absolute Gasteiger partial charge is 0.368 e. The second kappa shape index (κ2) is 4.06. The van der Waals surface area contributed by atoms with Crippen molar-refractivity contribution in [1.29, 1.82) is 0 Å². The van der Waals surface area contributed by atoms with Crippen LogP contribution in [0.1, 0.15) is 12.8 Å². The predicted octanol–water partition coefficient (Wildman–Crippen LogP) is -0.102. The zero-order valence-electron chi connectivity index (χ0n) is 6.62. The van der Waals surface area contributed by atoms with Crippen LogP contribution >= 0.6 is 22.6 Å². The molecule has 2 amide bonds. The molecule has 1 heterocycles. The first-order valence-electron chi connectivity index (χ1n) is 3.81. The first-order valence-corrected chi connectivity index (χ1v) is 5.34. The summed E-state index contributed by atoms with van der Waals surface area (Å²) in [7, 11) is 0. The number of primary amides is 1. The van der Waals surface area contributed by atoms with Crippen LogP contribution in [0.5, 0.6) is 0 Å². The van der Waals surface area contributed by atoms with Gasteiger partial charge in [0.2, 0.25) is 11.8 Å². The average Bonchev–Trinajstić information content (AvgIpc) is 2.50. The van der Waals surface area contributed by atoms with Gasteiger partial charge in [-0.15, -0.1) is 0 Å². The minimum Gasteiger partial charge on any atom is -0.368 e. The number of nitrogens with zero attached hydrogens (tertiary/aromatic N) is 1. The summed E-state index contributed by atoms with van der Waals surface area (Å²) < 4.78 is 0.418. The summed E-state index contributed by atoms with van der Waals surface area (Å²) in [5.74, 6) is -0.373. The van der Waals surface area contributed by atoms with Gasteiger partial charge in [-0.25, -0.2) is 0 Å².